The molecular weight excluding hydrogens is 438 g/mol. The van der Waals surface area contributed by atoms with Crippen LogP contribution in [0.25, 0.3) is 0 Å². The number of amides is 1. The number of aliphatic hydroxyl groups excluding tert-OH is 1. The van der Waals surface area contributed by atoms with E-state index < -0.39 is 6.10 Å². The van der Waals surface area contributed by atoms with Crippen LogP contribution in [-0.4, -0.2) is 63.6 Å². The molecule has 1 aromatic carbocycles. The van der Waals surface area contributed by atoms with Gasteiger partial charge in [-0.25, -0.2) is 9.97 Å². The Morgan fingerprint density at radius 3 is 2.60 bits per heavy atom. The van der Waals surface area contributed by atoms with Gasteiger partial charge in [0.2, 0.25) is 5.91 Å². The smallest absolute Gasteiger partial charge is 0.231 e. The number of aliphatic hydroxyl groups is 1. The molecule has 0 radical (unpaired) electrons. The normalized spacial score (nSPS) is 26.6. The molecule has 7 heteroatoms. The van der Waals surface area contributed by atoms with Crippen molar-refractivity contribution in [2.24, 2.45) is 0 Å². The van der Waals surface area contributed by atoms with Gasteiger partial charge in [-0.15, -0.1) is 0 Å². The van der Waals surface area contributed by atoms with Crippen molar-refractivity contribution in [3.8, 4) is 0 Å². The Bertz CT molecular complexity index is 1110. The van der Waals surface area contributed by atoms with Gasteiger partial charge in [0.25, 0.3) is 0 Å². The average molecular weight is 478 g/mol. The van der Waals surface area contributed by atoms with Crippen molar-refractivity contribution in [3.63, 3.8) is 0 Å². The van der Waals surface area contributed by atoms with Gasteiger partial charge in [-0.2, -0.15) is 0 Å². The topological polar surface area (TPSA) is 81.6 Å². The Kier molecular flexibility index (Phi) is 6.34. The summed E-state index contributed by atoms with van der Waals surface area (Å²) >= 11 is 0. The van der Waals surface area contributed by atoms with Crippen molar-refractivity contribution in [2.45, 2.75) is 83.4 Å². The van der Waals surface area contributed by atoms with Crippen molar-refractivity contribution in [1.82, 2.24) is 20.2 Å². The van der Waals surface area contributed by atoms with Gasteiger partial charge in [0.05, 0.1) is 17.7 Å². The summed E-state index contributed by atoms with van der Waals surface area (Å²) in [5, 5.41) is 14.1. The SMILES string of the molecule is Cc1cccc([C@H](C(=O)N2CCN(c3ncnc4c3[C@H](C)C[C@H]4O)CC2)[C@@H]2CCC(C)(C)N2)c1C. The van der Waals surface area contributed by atoms with E-state index in [1.807, 2.05) is 0 Å². The predicted octanol–water partition coefficient (Wildman–Crippen LogP) is 3.60. The van der Waals surface area contributed by atoms with E-state index >= 15 is 0 Å². The van der Waals surface area contributed by atoms with E-state index in [1.165, 1.54) is 11.1 Å². The molecule has 3 heterocycles. The van der Waals surface area contributed by atoms with Crippen molar-refractivity contribution in [2.75, 3.05) is 31.1 Å². The first-order valence-electron chi connectivity index (χ1n) is 13.1. The number of fused-ring (bicyclic) bond motifs is 1. The number of carbonyl (C=O) groups is 1. The molecule has 1 aromatic heterocycles. The van der Waals surface area contributed by atoms with Gasteiger partial charge in [-0.1, -0.05) is 25.1 Å². The van der Waals surface area contributed by atoms with Gasteiger partial charge in [0.1, 0.15) is 12.1 Å². The summed E-state index contributed by atoms with van der Waals surface area (Å²) in [6.07, 6.45) is 3.83. The highest BCUT2D eigenvalue weighted by Gasteiger charge is 2.42. The van der Waals surface area contributed by atoms with Crippen molar-refractivity contribution in [1.29, 1.82) is 0 Å². The summed E-state index contributed by atoms with van der Waals surface area (Å²) in [6, 6.07) is 6.50. The first-order valence-corrected chi connectivity index (χ1v) is 13.1. The molecule has 1 aliphatic carbocycles. The van der Waals surface area contributed by atoms with Crippen LogP contribution in [0.3, 0.4) is 0 Å². The first-order chi connectivity index (χ1) is 16.7. The second-order valence-corrected chi connectivity index (χ2v) is 11.4. The highest BCUT2D eigenvalue weighted by molar-refractivity contribution is 5.85. The van der Waals surface area contributed by atoms with Crippen molar-refractivity contribution in [3.05, 3.63) is 52.5 Å². The fourth-order valence-corrected chi connectivity index (χ4v) is 6.33. The Labute approximate surface area is 209 Å². The quantitative estimate of drug-likeness (QED) is 0.700. The van der Waals surface area contributed by atoms with Gasteiger partial charge < -0.3 is 20.2 Å². The number of rotatable bonds is 4. The summed E-state index contributed by atoms with van der Waals surface area (Å²) in [5.41, 5.74) is 5.51. The number of aryl methyl sites for hydroxylation is 1. The molecule has 188 valence electrons. The lowest BCUT2D eigenvalue weighted by molar-refractivity contribution is -0.133. The van der Waals surface area contributed by atoms with E-state index in [1.54, 1.807) is 6.33 Å². The molecule has 0 unspecified atom stereocenters. The summed E-state index contributed by atoms with van der Waals surface area (Å²) in [7, 11) is 0. The van der Waals surface area contributed by atoms with Crippen LogP contribution in [0.2, 0.25) is 0 Å². The third-order valence-corrected chi connectivity index (χ3v) is 8.48. The number of benzene rings is 1. The molecule has 1 amide bonds. The molecular formula is C28H39N5O2. The summed E-state index contributed by atoms with van der Waals surface area (Å²) in [4.78, 5) is 27.4. The molecule has 4 atom stereocenters. The fourth-order valence-electron chi connectivity index (χ4n) is 6.33. The van der Waals surface area contributed by atoms with Crippen molar-refractivity contribution < 1.29 is 9.90 Å². The number of carbonyl (C=O) groups excluding carboxylic acids is 1. The van der Waals surface area contributed by atoms with Gasteiger partial charge in [0, 0.05) is 43.3 Å². The number of nitrogens with zero attached hydrogens (tertiary/aromatic N) is 4. The van der Waals surface area contributed by atoms with E-state index in [0.29, 0.717) is 19.5 Å². The van der Waals surface area contributed by atoms with Crippen LogP contribution in [0.1, 0.15) is 85.9 Å². The average Bonchev–Trinajstić information content (AvgIpc) is 3.34. The van der Waals surface area contributed by atoms with E-state index in [4.69, 9.17) is 0 Å². The number of hydrogen-bond donors (Lipinski definition) is 2. The third-order valence-electron chi connectivity index (χ3n) is 8.48. The maximum absolute atomic E-state index is 14.1. The van der Waals surface area contributed by atoms with Crippen LogP contribution in [0.5, 0.6) is 0 Å². The van der Waals surface area contributed by atoms with Crippen LogP contribution in [-0.2, 0) is 4.79 Å². The molecule has 0 spiro atoms. The van der Waals surface area contributed by atoms with Gasteiger partial charge in [0.15, 0.2) is 0 Å². The van der Waals surface area contributed by atoms with Crippen LogP contribution >= 0.6 is 0 Å². The largest absolute Gasteiger partial charge is 0.387 e. The van der Waals surface area contributed by atoms with E-state index in [9.17, 15) is 9.90 Å². The van der Waals surface area contributed by atoms with Crippen LogP contribution in [0.15, 0.2) is 24.5 Å². The van der Waals surface area contributed by atoms with Gasteiger partial charge in [-0.05, 0) is 69.6 Å². The predicted molar refractivity (Wildman–Crippen MR) is 138 cm³/mol. The zero-order valence-corrected chi connectivity index (χ0v) is 21.7. The van der Waals surface area contributed by atoms with Gasteiger partial charge in [-0.3, -0.25) is 4.79 Å². The lowest BCUT2D eigenvalue weighted by Crippen LogP contribution is -2.53. The summed E-state index contributed by atoms with van der Waals surface area (Å²) < 4.78 is 0. The molecule has 3 aliphatic rings. The molecule has 5 rings (SSSR count). The summed E-state index contributed by atoms with van der Waals surface area (Å²) in [6.45, 7) is 13.7. The minimum atomic E-state index is -0.508. The van der Waals surface area contributed by atoms with Gasteiger partial charge >= 0.3 is 0 Å². The summed E-state index contributed by atoms with van der Waals surface area (Å²) in [5.74, 6) is 1.21. The second-order valence-electron chi connectivity index (χ2n) is 11.4. The minimum Gasteiger partial charge on any atom is -0.387 e. The lowest BCUT2D eigenvalue weighted by Gasteiger charge is -2.39. The highest BCUT2D eigenvalue weighted by Crippen LogP contribution is 2.43. The zero-order valence-electron chi connectivity index (χ0n) is 21.7. The lowest BCUT2D eigenvalue weighted by atomic mass is 9.85. The highest BCUT2D eigenvalue weighted by atomic mass is 16.3. The van der Waals surface area contributed by atoms with E-state index in [0.717, 1.165) is 48.6 Å². The first kappa shape index (κ1) is 24.2. The van der Waals surface area contributed by atoms with Crippen molar-refractivity contribution >= 4 is 11.7 Å². The monoisotopic (exact) mass is 477 g/mol. The fraction of sp³-hybridized carbons (Fsp3) is 0.607. The van der Waals surface area contributed by atoms with E-state index in [-0.39, 0.29) is 29.3 Å². The Morgan fingerprint density at radius 2 is 1.91 bits per heavy atom. The molecule has 2 N–H and O–H groups in total. The molecule has 2 saturated heterocycles. The minimum absolute atomic E-state index is 0.0499. The number of nitrogens with one attached hydrogen (secondary N) is 1. The second kappa shape index (κ2) is 9.17. The molecule has 35 heavy (non-hydrogen) atoms. The number of piperazine rings is 1. The maximum Gasteiger partial charge on any atom is 0.231 e. The number of anilines is 1. The third kappa shape index (κ3) is 4.45. The Morgan fingerprint density at radius 1 is 1.17 bits per heavy atom. The van der Waals surface area contributed by atoms with E-state index in [2.05, 4.69) is 77.9 Å². The molecule has 0 bridgehead atoms. The maximum atomic E-state index is 14.1. The Hall–Kier alpha value is -2.51. The standard InChI is InChI=1S/C28H39N5O2/c1-17-7-6-8-20(19(17)3)24(21-9-10-28(4,5)31-21)27(35)33-13-11-32(12-14-33)26-23-18(2)15-22(34)25(23)29-16-30-26/h6-8,16,18,21-22,24,31,34H,9-15H2,1-5H3/t18-,21+,22-,24+/m1/s1. The zero-order chi connectivity index (χ0) is 24.9. The van der Waals surface area contributed by atoms with Crippen LogP contribution in [0, 0.1) is 13.8 Å². The van der Waals surface area contributed by atoms with Crippen LogP contribution in [0.4, 0.5) is 5.82 Å². The molecule has 2 fully saturated rings. The number of aromatic nitrogens is 2. The number of hydrogen-bond acceptors (Lipinski definition) is 6. The van der Waals surface area contributed by atoms with Crippen LogP contribution < -0.4 is 10.2 Å². The molecule has 0 saturated carbocycles. The molecule has 2 aromatic rings. The Balaban J connectivity index is 1.37. The molecule has 2 aliphatic heterocycles. The molecule has 7 nitrogen and oxygen atoms in total.